The molecular formula is C19H21ClN2O3. The molecule has 0 spiro atoms. The largest absolute Gasteiger partial charge is 0.493 e. The average molecular weight is 361 g/mol. The molecule has 2 aromatic rings. The van der Waals surface area contributed by atoms with Gasteiger partial charge in [-0.3, -0.25) is 5.01 Å². The van der Waals surface area contributed by atoms with Gasteiger partial charge in [0.25, 0.3) is 0 Å². The molecule has 132 valence electrons. The van der Waals surface area contributed by atoms with Crippen LogP contribution in [0.3, 0.4) is 0 Å². The van der Waals surface area contributed by atoms with E-state index in [-0.39, 0.29) is 0 Å². The monoisotopic (exact) mass is 360 g/mol. The predicted molar refractivity (Wildman–Crippen MR) is 98.8 cm³/mol. The van der Waals surface area contributed by atoms with E-state index in [1.54, 1.807) is 7.11 Å². The molecule has 0 radical (unpaired) electrons. The molecule has 2 aromatic carbocycles. The first kappa shape index (κ1) is 17.6. The zero-order valence-corrected chi connectivity index (χ0v) is 14.9. The molecule has 1 fully saturated rings. The second-order valence-electron chi connectivity index (χ2n) is 5.64. The lowest BCUT2D eigenvalue weighted by Crippen LogP contribution is -2.32. The van der Waals surface area contributed by atoms with Crippen LogP contribution in [0.1, 0.15) is 11.1 Å². The Kier molecular flexibility index (Phi) is 6.14. The van der Waals surface area contributed by atoms with Crippen molar-refractivity contribution in [2.75, 3.05) is 33.4 Å². The number of rotatable bonds is 6. The van der Waals surface area contributed by atoms with E-state index in [0.29, 0.717) is 23.1 Å². The summed E-state index contributed by atoms with van der Waals surface area (Å²) in [6.07, 6.45) is 1.83. The van der Waals surface area contributed by atoms with Gasteiger partial charge in [-0.05, 0) is 41.5 Å². The average Bonchev–Trinajstić information content (AvgIpc) is 2.67. The van der Waals surface area contributed by atoms with Gasteiger partial charge in [0.05, 0.1) is 39.6 Å². The van der Waals surface area contributed by atoms with Crippen LogP contribution >= 0.6 is 11.6 Å². The summed E-state index contributed by atoms with van der Waals surface area (Å²) in [6.45, 7) is 3.52. The molecule has 1 aliphatic heterocycles. The SMILES string of the molecule is COc1cc(/C=N/N2CCOCC2)ccc1OCc1ccc(Cl)cc1. The van der Waals surface area contributed by atoms with Gasteiger partial charge in [0.2, 0.25) is 0 Å². The van der Waals surface area contributed by atoms with E-state index in [1.165, 1.54) is 0 Å². The number of nitrogens with zero attached hydrogens (tertiary/aromatic N) is 2. The van der Waals surface area contributed by atoms with Crippen LogP contribution in [0.2, 0.25) is 5.02 Å². The maximum absolute atomic E-state index is 5.90. The van der Waals surface area contributed by atoms with Crippen molar-refractivity contribution in [3.8, 4) is 11.5 Å². The number of hydrogen-bond acceptors (Lipinski definition) is 5. The maximum atomic E-state index is 5.90. The van der Waals surface area contributed by atoms with Crippen molar-refractivity contribution < 1.29 is 14.2 Å². The van der Waals surface area contributed by atoms with Crippen LogP contribution < -0.4 is 9.47 Å². The minimum absolute atomic E-state index is 0.453. The number of hydrazone groups is 1. The molecule has 25 heavy (non-hydrogen) atoms. The summed E-state index contributed by atoms with van der Waals surface area (Å²) in [5.41, 5.74) is 2.01. The van der Waals surface area contributed by atoms with E-state index in [4.69, 9.17) is 25.8 Å². The van der Waals surface area contributed by atoms with Crippen LogP contribution in [0.25, 0.3) is 0 Å². The standard InChI is InChI=1S/C19H21ClN2O3/c1-23-19-12-16(13-21-22-8-10-24-11-9-22)4-7-18(19)25-14-15-2-5-17(20)6-3-15/h2-7,12-13H,8-11,14H2,1H3/b21-13+. The Morgan fingerprint density at radius 1 is 1.12 bits per heavy atom. The fourth-order valence-electron chi connectivity index (χ4n) is 2.44. The molecule has 0 aromatic heterocycles. The number of halogens is 1. The fraction of sp³-hybridized carbons (Fsp3) is 0.316. The molecule has 0 amide bonds. The Morgan fingerprint density at radius 3 is 2.60 bits per heavy atom. The van der Waals surface area contributed by atoms with Gasteiger partial charge in [0, 0.05) is 5.02 Å². The van der Waals surface area contributed by atoms with Crippen molar-refractivity contribution in [2.24, 2.45) is 5.10 Å². The Morgan fingerprint density at radius 2 is 1.88 bits per heavy atom. The lowest BCUT2D eigenvalue weighted by Gasteiger charge is -2.23. The van der Waals surface area contributed by atoms with Gasteiger partial charge in [0.15, 0.2) is 11.5 Å². The first-order chi connectivity index (χ1) is 12.2. The highest BCUT2D eigenvalue weighted by molar-refractivity contribution is 6.30. The molecule has 1 heterocycles. The van der Waals surface area contributed by atoms with Crippen LogP contribution in [-0.4, -0.2) is 44.6 Å². The molecule has 1 aliphatic rings. The Bertz CT molecular complexity index is 713. The van der Waals surface area contributed by atoms with E-state index in [2.05, 4.69) is 5.10 Å². The second kappa shape index (κ2) is 8.74. The number of benzene rings is 2. The molecule has 0 atom stereocenters. The van der Waals surface area contributed by atoms with Gasteiger partial charge in [-0.2, -0.15) is 5.10 Å². The quantitative estimate of drug-likeness (QED) is 0.738. The molecule has 1 saturated heterocycles. The summed E-state index contributed by atoms with van der Waals surface area (Å²) in [6, 6.07) is 13.4. The van der Waals surface area contributed by atoms with E-state index in [0.717, 1.165) is 37.4 Å². The Hall–Kier alpha value is -2.24. The van der Waals surface area contributed by atoms with Gasteiger partial charge >= 0.3 is 0 Å². The van der Waals surface area contributed by atoms with Gasteiger partial charge in [0.1, 0.15) is 6.61 Å². The Labute approximate surface area is 152 Å². The molecule has 6 heteroatoms. The summed E-state index contributed by atoms with van der Waals surface area (Å²) in [5, 5.41) is 7.19. The van der Waals surface area contributed by atoms with Gasteiger partial charge in [-0.15, -0.1) is 0 Å². The maximum Gasteiger partial charge on any atom is 0.161 e. The van der Waals surface area contributed by atoms with E-state index < -0.39 is 0 Å². The normalized spacial score (nSPS) is 14.7. The topological polar surface area (TPSA) is 43.3 Å². The summed E-state index contributed by atoms with van der Waals surface area (Å²) in [7, 11) is 1.63. The molecule has 0 unspecified atom stereocenters. The van der Waals surface area contributed by atoms with Gasteiger partial charge in [-0.25, -0.2) is 0 Å². The Balaban J connectivity index is 1.64. The first-order valence-electron chi connectivity index (χ1n) is 8.16. The molecule has 0 aliphatic carbocycles. The predicted octanol–water partition coefficient (Wildman–Crippen LogP) is 3.59. The first-order valence-corrected chi connectivity index (χ1v) is 8.54. The molecule has 0 N–H and O–H groups in total. The summed E-state index contributed by atoms with van der Waals surface area (Å²) < 4.78 is 16.6. The van der Waals surface area contributed by atoms with Crippen molar-refractivity contribution in [1.29, 1.82) is 0 Å². The number of ether oxygens (including phenoxy) is 3. The third-order valence-corrected chi connectivity index (χ3v) is 4.10. The van der Waals surface area contributed by atoms with Crippen LogP contribution in [0.15, 0.2) is 47.6 Å². The highest BCUT2D eigenvalue weighted by Gasteiger charge is 2.08. The number of morpholine rings is 1. The molecule has 3 rings (SSSR count). The summed E-state index contributed by atoms with van der Waals surface area (Å²) in [4.78, 5) is 0. The van der Waals surface area contributed by atoms with Gasteiger partial charge < -0.3 is 14.2 Å². The van der Waals surface area contributed by atoms with Crippen LogP contribution in [0.4, 0.5) is 0 Å². The lowest BCUT2D eigenvalue weighted by atomic mass is 10.2. The third-order valence-electron chi connectivity index (χ3n) is 3.85. The lowest BCUT2D eigenvalue weighted by molar-refractivity contribution is 0.0397. The van der Waals surface area contributed by atoms with Crippen molar-refractivity contribution >= 4 is 17.8 Å². The van der Waals surface area contributed by atoms with Crippen molar-refractivity contribution in [3.63, 3.8) is 0 Å². The zero-order valence-electron chi connectivity index (χ0n) is 14.2. The highest BCUT2D eigenvalue weighted by Crippen LogP contribution is 2.28. The van der Waals surface area contributed by atoms with Crippen LogP contribution in [0, 0.1) is 0 Å². The smallest absolute Gasteiger partial charge is 0.161 e. The number of hydrogen-bond donors (Lipinski definition) is 0. The molecule has 0 bridgehead atoms. The molecule has 0 saturated carbocycles. The van der Waals surface area contributed by atoms with Crippen molar-refractivity contribution in [2.45, 2.75) is 6.61 Å². The zero-order chi connectivity index (χ0) is 17.5. The second-order valence-corrected chi connectivity index (χ2v) is 6.07. The van der Waals surface area contributed by atoms with Gasteiger partial charge in [-0.1, -0.05) is 23.7 Å². The van der Waals surface area contributed by atoms with Crippen molar-refractivity contribution in [3.05, 3.63) is 58.6 Å². The van der Waals surface area contributed by atoms with Crippen LogP contribution in [-0.2, 0) is 11.3 Å². The molecular weight excluding hydrogens is 340 g/mol. The van der Waals surface area contributed by atoms with Crippen LogP contribution in [0.5, 0.6) is 11.5 Å². The van der Waals surface area contributed by atoms with E-state index in [1.807, 2.05) is 53.7 Å². The van der Waals surface area contributed by atoms with Crippen molar-refractivity contribution in [1.82, 2.24) is 5.01 Å². The third kappa shape index (κ3) is 5.11. The minimum atomic E-state index is 0.453. The van der Waals surface area contributed by atoms with E-state index in [9.17, 15) is 0 Å². The summed E-state index contributed by atoms with van der Waals surface area (Å²) >= 11 is 5.90. The fourth-order valence-corrected chi connectivity index (χ4v) is 2.57. The summed E-state index contributed by atoms with van der Waals surface area (Å²) in [5.74, 6) is 1.38. The minimum Gasteiger partial charge on any atom is -0.493 e. The number of methoxy groups -OCH3 is 1. The highest BCUT2D eigenvalue weighted by atomic mass is 35.5. The van der Waals surface area contributed by atoms with E-state index >= 15 is 0 Å². The molecule has 5 nitrogen and oxygen atoms in total.